The van der Waals surface area contributed by atoms with Crippen LogP contribution < -0.4 is 0 Å². The highest BCUT2D eigenvalue weighted by Crippen LogP contribution is 2.13. The fourth-order valence-corrected chi connectivity index (χ4v) is 2.66. The molecule has 3 heteroatoms. The lowest BCUT2D eigenvalue weighted by Gasteiger charge is -2.24. The van der Waals surface area contributed by atoms with Crippen LogP contribution in [0, 0.1) is 0 Å². The van der Waals surface area contributed by atoms with Crippen LogP contribution in [-0.4, -0.2) is 22.9 Å². The van der Waals surface area contributed by atoms with E-state index < -0.39 is 0 Å². The number of thiophene rings is 1. The number of allylic oxidation sites excluding steroid dienone is 1. The predicted octanol–water partition coefficient (Wildman–Crippen LogP) is 3.47. The summed E-state index contributed by atoms with van der Waals surface area (Å²) < 4.78 is 0. The van der Waals surface area contributed by atoms with Gasteiger partial charge in [0.2, 0.25) is 0 Å². The first-order chi connectivity index (χ1) is 7.36. The van der Waals surface area contributed by atoms with Gasteiger partial charge in [-0.15, -0.1) is 11.3 Å². The fraction of sp³-hybridized carbons (Fsp3) is 0.417. The van der Waals surface area contributed by atoms with E-state index in [9.17, 15) is 0 Å². The highest BCUT2D eigenvalue weighted by molar-refractivity contribution is 7.81. The zero-order valence-corrected chi connectivity index (χ0v) is 10.3. The Kier molecular flexibility index (Phi) is 3.92. The second-order valence-corrected chi connectivity index (χ2v) is 5.14. The van der Waals surface area contributed by atoms with Crippen molar-refractivity contribution >= 4 is 28.4 Å². The van der Waals surface area contributed by atoms with Gasteiger partial charge in [0.1, 0.15) is 0 Å². The van der Waals surface area contributed by atoms with Crippen LogP contribution in [0.4, 0.5) is 0 Å². The minimum absolute atomic E-state index is 0.954. The zero-order valence-electron chi connectivity index (χ0n) is 8.69. The second-order valence-electron chi connectivity index (χ2n) is 3.75. The number of rotatable bonds is 3. The number of nitrogens with zero attached hydrogens (tertiary/aromatic N) is 1. The molecule has 1 aromatic rings. The molecule has 0 bridgehead atoms. The van der Waals surface area contributed by atoms with Crippen LogP contribution in [0.25, 0.3) is 0 Å². The van der Waals surface area contributed by atoms with Gasteiger partial charge in [-0.1, -0.05) is 18.3 Å². The van der Waals surface area contributed by atoms with Gasteiger partial charge < -0.3 is 4.90 Å². The maximum absolute atomic E-state index is 5.34. The van der Waals surface area contributed by atoms with E-state index in [0.717, 1.165) is 4.86 Å². The molecule has 1 nitrogen and oxygen atoms in total. The molecule has 0 atom stereocenters. The highest BCUT2D eigenvalue weighted by atomic mass is 32.1. The average Bonchev–Trinajstić information content (AvgIpc) is 2.81. The molecule has 0 unspecified atom stereocenters. The van der Waals surface area contributed by atoms with E-state index in [2.05, 4.69) is 28.6 Å². The van der Waals surface area contributed by atoms with E-state index in [-0.39, 0.29) is 0 Å². The monoisotopic (exact) mass is 237 g/mol. The molecule has 0 N–H and O–H groups in total. The fourth-order valence-electron chi connectivity index (χ4n) is 1.74. The van der Waals surface area contributed by atoms with Gasteiger partial charge in [0.25, 0.3) is 0 Å². The minimum Gasteiger partial charge on any atom is -0.377 e. The lowest BCUT2D eigenvalue weighted by atomic mass is 10.1. The molecule has 1 aliphatic rings. The van der Waals surface area contributed by atoms with E-state index in [4.69, 9.17) is 12.2 Å². The Balaban J connectivity index is 1.90. The zero-order chi connectivity index (χ0) is 10.5. The summed E-state index contributed by atoms with van der Waals surface area (Å²) in [5, 5.41) is 2.07. The van der Waals surface area contributed by atoms with Crippen LogP contribution in [0.5, 0.6) is 0 Å². The maximum Gasteiger partial charge on any atom is 0.0563 e. The molecule has 1 aromatic heterocycles. The van der Waals surface area contributed by atoms with E-state index >= 15 is 0 Å². The van der Waals surface area contributed by atoms with E-state index in [1.807, 2.05) is 6.07 Å². The number of hydrogen-bond donors (Lipinski definition) is 0. The minimum atomic E-state index is 0.954. The molecule has 1 fully saturated rings. The molecule has 1 saturated heterocycles. The number of piperidine rings is 1. The van der Waals surface area contributed by atoms with Gasteiger partial charge in [-0.05, 0) is 36.8 Å². The Morgan fingerprint density at radius 1 is 1.33 bits per heavy atom. The number of likely N-dealkylation sites (tertiary alicyclic amines) is 1. The lowest BCUT2D eigenvalue weighted by Crippen LogP contribution is -2.24. The molecule has 0 radical (unpaired) electrons. The smallest absolute Gasteiger partial charge is 0.0563 e. The van der Waals surface area contributed by atoms with Crippen molar-refractivity contribution < 1.29 is 0 Å². The maximum atomic E-state index is 5.34. The van der Waals surface area contributed by atoms with Gasteiger partial charge in [-0.25, -0.2) is 0 Å². The first-order valence-corrected chi connectivity index (χ1v) is 6.65. The van der Waals surface area contributed by atoms with Gasteiger partial charge in [0.05, 0.1) is 4.86 Å². The molecular formula is C12H15NS2. The van der Waals surface area contributed by atoms with Crippen molar-refractivity contribution in [2.75, 3.05) is 13.1 Å². The largest absolute Gasteiger partial charge is 0.377 e. The van der Waals surface area contributed by atoms with Crippen LogP contribution >= 0.6 is 23.6 Å². The van der Waals surface area contributed by atoms with Gasteiger partial charge in [-0.3, -0.25) is 0 Å². The molecule has 0 saturated carbocycles. The predicted molar refractivity (Wildman–Crippen MR) is 70.6 cm³/mol. The summed E-state index contributed by atoms with van der Waals surface area (Å²) in [4.78, 5) is 4.51. The van der Waals surface area contributed by atoms with Gasteiger partial charge in [-0.2, -0.15) is 0 Å². The van der Waals surface area contributed by atoms with Crippen LogP contribution in [0.1, 0.15) is 24.1 Å². The Morgan fingerprint density at radius 3 is 2.80 bits per heavy atom. The van der Waals surface area contributed by atoms with E-state index in [1.54, 1.807) is 11.3 Å². The van der Waals surface area contributed by atoms with Gasteiger partial charge >= 0.3 is 0 Å². The van der Waals surface area contributed by atoms with Crippen molar-refractivity contribution in [1.29, 1.82) is 0 Å². The molecular weight excluding hydrogens is 222 g/mol. The Morgan fingerprint density at radius 2 is 2.13 bits per heavy atom. The third kappa shape index (κ3) is 3.14. The van der Waals surface area contributed by atoms with Crippen molar-refractivity contribution in [3.8, 4) is 0 Å². The quantitative estimate of drug-likeness (QED) is 0.450. The van der Waals surface area contributed by atoms with Crippen LogP contribution in [0.15, 0.2) is 29.8 Å². The summed E-state index contributed by atoms with van der Waals surface area (Å²) in [6.45, 7) is 2.37. The van der Waals surface area contributed by atoms with Crippen molar-refractivity contribution in [1.82, 2.24) is 4.90 Å². The van der Waals surface area contributed by atoms with Crippen molar-refractivity contribution in [2.24, 2.45) is 0 Å². The molecule has 0 spiro atoms. The molecule has 0 aromatic carbocycles. The molecule has 15 heavy (non-hydrogen) atoms. The third-order valence-electron chi connectivity index (χ3n) is 2.59. The topological polar surface area (TPSA) is 3.24 Å². The molecule has 0 amide bonds. The lowest BCUT2D eigenvalue weighted by molar-refractivity contribution is 0.310. The summed E-state index contributed by atoms with van der Waals surface area (Å²) in [5.41, 5.74) is 0. The summed E-state index contributed by atoms with van der Waals surface area (Å²) >= 11 is 7.05. The Labute approximate surface area is 100 Å². The van der Waals surface area contributed by atoms with Gasteiger partial charge in [0.15, 0.2) is 0 Å². The second kappa shape index (κ2) is 5.42. The van der Waals surface area contributed by atoms with Crippen molar-refractivity contribution in [2.45, 2.75) is 19.3 Å². The van der Waals surface area contributed by atoms with Crippen molar-refractivity contribution in [3.05, 3.63) is 34.7 Å². The third-order valence-corrected chi connectivity index (χ3v) is 3.98. The molecule has 2 heterocycles. The van der Waals surface area contributed by atoms with Crippen molar-refractivity contribution in [3.63, 3.8) is 0 Å². The number of hydrogen-bond acceptors (Lipinski definition) is 3. The number of thiocarbonyl (C=S) groups is 1. The summed E-state index contributed by atoms with van der Waals surface area (Å²) in [7, 11) is 0. The normalized spacial score (nSPS) is 17.2. The first kappa shape index (κ1) is 10.8. The average molecular weight is 237 g/mol. The Hall–Kier alpha value is -0.670. The summed E-state index contributed by atoms with van der Waals surface area (Å²) in [6, 6.07) is 4.12. The Bertz CT molecular complexity index is 335. The summed E-state index contributed by atoms with van der Waals surface area (Å²) in [5.74, 6) is 0. The molecule has 80 valence electrons. The summed E-state index contributed by atoms with van der Waals surface area (Å²) in [6.07, 6.45) is 8.22. The van der Waals surface area contributed by atoms with Crippen LogP contribution in [-0.2, 0) is 0 Å². The molecule has 2 rings (SSSR count). The van der Waals surface area contributed by atoms with Crippen LogP contribution in [0.2, 0.25) is 0 Å². The van der Waals surface area contributed by atoms with E-state index in [0.29, 0.717) is 0 Å². The molecule has 0 aliphatic carbocycles. The standard InChI is InChI=1S/C12H15NS2/c14-11(12-5-4-10-15-12)6-9-13-7-2-1-3-8-13/h4-6,9-10H,1-3,7-8H2/b9-6+. The van der Waals surface area contributed by atoms with Gasteiger partial charge in [0, 0.05) is 24.2 Å². The first-order valence-electron chi connectivity index (χ1n) is 5.36. The molecule has 1 aliphatic heterocycles. The van der Waals surface area contributed by atoms with E-state index in [1.165, 1.54) is 37.2 Å². The van der Waals surface area contributed by atoms with Crippen LogP contribution in [0.3, 0.4) is 0 Å². The SMILES string of the molecule is S=C(/C=C/N1CCCCC1)c1cccs1. The highest BCUT2D eigenvalue weighted by Gasteiger charge is 2.05.